The lowest BCUT2D eigenvalue weighted by molar-refractivity contribution is -0.135. The molecule has 1 aliphatic rings. The summed E-state index contributed by atoms with van der Waals surface area (Å²) < 4.78 is 10.2. The molecule has 0 unspecified atom stereocenters. The topological polar surface area (TPSA) is 38.8 Å². The lowest BCUT2D eigenvalue weighted by atomic mass is 9.94. The van der Waals surface area contributed by atoms with E-state index in [1.807, 2.05) is 29.2 Å². The van der Waals surface area contributed by atoms with Crippen LogP contribution in [0.15, 0.2) is 24.3 Å². The second kappa shape index (κ2) is 7.25. The van der Waals surface area contributed by atoms with Crippen molar-refractivity contribution in [2.75, 3.05) is 40.5 Å². The molecule has 0 aromatic heterocycles. The Morgan fingerprint density at radius 1 is 1.24 bits per heavy atom. The summed E-state index contributed by atoms with van der Waals surface area (Å²) in [6, 6.07) is 7.62. The van der Waals surface area contributed by atoms with Gasteiger partial charge in [0, 0.05) is 32.3 Å². The van der Waals surface area contributed by atoms with Gasteiger partial charge in [-0.25, -0.2) is 0 Å². The summed E-state index contributed by atoms with van der Waals surface area (Å²) in [4.78, 5) is 14.8. The standard InChI is InChI=1S/C16H22ClNO3/c1-20-10-8-18(9-11-21-2)15(19)16(6-7-16)13-4-3-5-14(17)12-13/h3-5,12H,6-11H2,1-2H3. The van der Waals surface area contributed by atoms with Crippen molar-refractivity contribution in [1.29, 1.82) is 0 Å². The predicted molar refractivity (Wildman–Crippen MR) is 82.7 cm³/mol. The first-order valence-corrected chi connectivity index (χ1v) is 7.55. The zero-order valence-corrected chi connectivity index (χ0v) is 13.4. The molecule has 1 aromatic carbocycles. The lowest BCUT2D eigenvalue weighted by Gasteiger charge is -2.27. The van der Waals surface area contributed by atoms with E-state index in [2.05, 4.69) is 0 Å². The van der Waals surface area contributed by atoms with Crippen LogP contribution >= 0.6 is 11.6 Å². The van der Waals surface area contributed by atoms with Gasteiger partial charge in [0.1, 0.15) is 0 Å². The predicted octanol–water partition coefficient (Wildman–Crippen LogP) is 2.49. The van der Waals surface area contributed by atoms with Gasteiger partial charge >= 0.3 is 0 Å². The molecule has 1 saturated carbocycles. The zero-order chi connectivity index (χ0) is 15.3. The highest BCUT2D eigenvalue weighted by Gasteiger charge is 2.52. The fourth-order valence-electron chi connectivity index (χ4n) is 2.56. The molecule has 5 heteroatoms. The van der Waals surface area contributed by atoms with Crippen LogP contribution in [0.4, 0.5) is 0 Å². The fourth-order valence-corrected chi connectivity index (χ4v) is 2.75. The van der Waals surface area contributed by atoms with Gasteiger partial charge in [-0.2, -0.15) is 0 Å². The summed E-state index contributed by atoms with van der Waals surface area (Å²) in [6.45, 7) is 2.23. The maximum Gasteiger partial charge on any atom is 0.233 e. The molecule has 2 rings (SSSR count). The van der Waals surface area contributed by atoms with E-state index in [9.17, 15) is 4.79 Å². The molecular formula is C16H22ClNO3. The van der Waals surface area contributed by atoms with Crippen LogP contribution in [0, 0.1) is 0 Å². The quantitative estimate of drug-likeness (QED) is 0.740. The SMILES string of the molecule is COCCN(CCOC)C(=O)C1(c2cccc(Cl)c2)CC1. The summed E-state index contributed by atoms with van der Waals surface area (Å²) >= 11 is 6.07. The first-order chi connectivity index (χ1) is 10.1. The normalized spacial score (nSPS) is 15.8. The number of carbonyl (C=O) groups excluding carboxylic acids is 1. The maximum absolute atomic E-state index is 12.9. The Morgan fingerprint density at radius 2 is 1.86 bits per heavy atom. The third-order valence-electron chi connectivity index (χ3n) is 3.95. The molecule has 1 amide bonds. The lowest BCUT2D eigenvalue weighted by Crippen LogP contribution is -2.42. The van der Waals surface area contributed by atoms with Crippen molar-refractivity contribution < 1.29 is 14.3 Å². The van der Waals surface area contributed by atoms with Crippen LogP contribution in [0.5, 0.6) is 0 Å². The molecule has 116 valence electrons. The largest absolute Gasteiger partial charge is 0.383 e. The summed E-state index contributed by atoms with van der Waals surface area (Å²) in [7, 11) is 3.28. The first-order valence-electron chi connectivity index (χ1n) is 7.17. The highest BCUT2D eigenvalue weighted by molar-refractivity contribution is 6.30. The minimum absolute atomic E-state index is 0.152. The molecule has 0 atom stereocenters. The van der Waals surface area contributed by atoms with Crippen LogP contribution in [-0.2, 0) is 19.7 Å². The number of halogens is 1. The minimum atomic E-state index is -0.396. The van der Waals surface area contributed by atoms with Crippen molar-refractivity contribution in [3.63, 3.8) is 0 Å². The fraction of sp³-hybridized carbons (Fsp3) is 0.562. The second-order valence-corrected chi connectivity index (χ2v) is 5.81. The number of ether oxygens (including phenoxy) is 2. The van der Waals surface area contributed by atoms with E-state index in [1.165, 1.54) is 0 Å². The van der Waals surface area contributed by atoms with E-state index < -0.39 is 5.41 Å². The van der Waals surface area contributed by atoms with Gasteiger partial charge in [0.15, 0.2) is 0 Å². The first kappa shape index (κ1) is 16.3. The van der Waals surface area contributed by atoms with E-state index in [-0.39, 0.29) is 5.91 Å². The average Bonchev–Trinajstić information content (AvgIpc) is 3.28. The number of carbonyl (C=O) groups is 1. The van der Waals surface area contributed by atoms with Gasteiger partial charge in [0.05, 0.1) is 18.6 Å². The molecule has 4 nitrogen and oxygen atoms in total. The summed E-state index contributed by atoms with van der Waals surface area (Å²) in [5.41, 5.74) is 0.617. The Labute approximate surface area is 131 Å². The van der Waals surface area contributed by atoms with Crippen molar-refractivity contribution in [2.45, 2.75) is 18.3 Å². The van der Waals surface area contributed by atoms with Crippen molar-refractivity contribution in [3.05, 3.63) is 34.9 Å². The monoisotopic (exact) mass is 311 g/mol. The molecule has 1 aromatic rings. The smallest absolute Gasteiger partial charge is 0.233 e. The molecule has 0 N–H and O–H groups in total. The van der Waals surface area contributed by atoms with Crippen LogP contribution in [-0.4, -0.2) is 51.3 Å². The Kier molecular flexibility index (Phi) is 5.62. The molecule has 0 bridgehead atoms. The summed E-state index contributed by atoms with van der Waals surface area (Å²) in [5, 5.41) is 0.673. The molecule has 0 heterocycles. The minimum Gasteiger partial charge on any atom is -0.383 e. The molecule has 0 spiro atoms. The Bertz CT molecular complexity index is 480. The average molecular weight is 312 g/mol. The number of hydrogen-bond acceptors (Lipinski definition) is 3. The molecule has 1 aliphatic carbocycles. The van der Waals surface area contributed by atoms with Gasteiger partial charge < -0.3 is 14.4 Å². The molecule has 21 heavy (non-hydrogen) atoms. The highest BCUT2D eigenvalue weighted by Crippen LogP contribution is 2.50. The number of rotatable bonds is 8. The Hall–Kier alpha value is -1.10. The number of amides is 1. The number of methoxy groups -OCH3 is 2. The molecule has 0 aliphatic heterocycles. The van der Waals surface area contributed by atoms with E-state index in [0.717, 1.165) is 18.4 Å². The van der Waals surface area contributed by atoms with E-state index in [0.29, 0.717) is 31.3 Å². The third-order valence-corrected chi connectivity index (χ3v) is 4.19. The number of benzene rings is 1. The molecule has 1 fully saturated rings. The van der Waals surface area contributed by atoms with Gasteiger partial charge in [-0.15, -0.1) is 0 Å². The van der Waals surface area contributed by atoms with E-state index >= 15 is 0 Å². The van der Waals surface area contributed by atoms with Crippen LogP contribution in [0.3, 0.4) is 0 Å². The van der Waals surface area contributed by atoms with Crippen LogP contribution in [0.25, 0.3) is 0 Å². The highest BCUT2D eigenvalue weighted by atomic mass is 35.5. The maximum atomic E-state index is 12.9. The Morgan fingerprint density at radius 3 is 2.33 bits per heavy atom. The van der Waals surface area contributed by atoms with E-state index in [1.54, 1.807) is 14.2 Å². The van der Waals surface area contributed by atoms with Crippen molar-refractivity contribution in [1.82, 2.24) is 4.90 Å². The van der Waals surface area contributed by atoms with Gasteiger partial charge in [0.2, 0.25) is 5.91 Å². The third kappa shape index (κ3) is 3.76. The zero-order valence-electron chi connectivity index (χ0n) is 12.6. The Balaban J connectivity index is 2.15. The summed E-state index contributed by atoms with van der Waals surface area (Å²) in [6.07, 6.45) is 1.76. The van der Waals surface area contributed by atoms with Gasteiger partial charge in [0.25, 0.3) is 0 Å². The van der Waals surface area contributed by atoms with Crippen LogP contribution in [0.1, 0.15) is 18.4 Å². The summed E-state index contributed by atoms with van der Waals surface area (Å²) in [5.74, 6) is 0.152. The number of hydrogen-bond donors (Lipinski definition) is 0. The van der Waals surface area contributed by atoms with Crippen molar-refractivity contribution in [2.24, 2.45) is 0 Å². The molecular weight excluding hydrogens is 290 g/mol. The second-order valence-electron chi connectivity index (χ2n) is 5.37. The van der Waals surface area contributed by atoms with Crippen molar-refractivity contribution in [3.8, 4) is 0 Å². The van der Waals surface area contributed by atoms with Gasteiger partial charge in [-0.3, -0.25) is 4.79 Å². The van der Waals surface area contributed by atoms with Crippen molar-refractivity contribution >= 4 is 17.5 Å². The molecule has 0 saturated heterocycles. The van der Waals surface area contributed by atoms with Crippen LogP contribution < -0.4 is 0 Å². The van der Waals surface area contributed by atoms with Gasteiger partial charge in [-0.05, 0) is 30.5 Å². The van der Waals surface area contributed by atoms with E-state index in [4.69, 9.17) is 21.1 Å². The van der Waals surface area contributed by atoms with Gasteiger partial charge in [-0.1, -0.05) is 23.7 Å². The van der Waals surface area contributed by atoms with Crippen LogP contribution in [0.2, 0.25) is 5.02 Å². The molecule has 0 radical (unpaired) electrons. The number of nitrogens with zero attached hydrogens (tertiary/aromatic N) is 1.